The molecule has 1 aromatic heterocycles. The summed E-state index contributed by atoms with van der Waals surface area (Å²) in [4.78, 5) is 15.4. The van der Waals surface area contributed by atoms with Crippen molar-refractivity contribution >= 4 is 97.2 Å². The number of hydrogen-bond acceptors (Lipinski definition) is 7. The van der Waals surface area contributed by atoms with Gasteiger partial charge < -0.3 is 29.2 Å². The smallest absolute Gasteiger partial charge is 0.252 e. The zero-order valence-electron chi connectivity index (χ0n) is 52.9. The first-order chi connectivity index (χ1) is 43.9. The molecule has 12 aromatic rings. The van der Waals surface area contributed by atoms with Crippen LogP contribution in [-0.4, -0.2) is 11.7 Å². The number of nitrogens with zero attached hydrogens (tertiary/aromatic N) is 6. The summed E-state index contributed by atoms with van der Waals surface area (Å²) >= 11 is 0. The predicted molar refractivity (Wildman–Crippen MR) is 329 cm³/mol. The third-order valence-electron chi connectivity index (χ3n) is 14.7. The molecular weight excluding hydrogens is 1170 g/mol. The van der Waals surface area contributed by atoms with Crippen molar-refractivity contribution in [2.45, 2.75) is 0 Å². The van der Waals surface area contributed by atoms with Crippen LogP contribution in [-0.2, 0) is 21.1 Å². The summed E-state index contributed by atoms with van der Waals surface area (Å²) in [5, 5.41) is 0. The van der Waals surface area contributed by atoms with Gasteiger partial charge in [0.2, 0.25) is 0 Å². The minimum atomic E-state index is -0.574. The van der Waals surface area contributed by atoms with Gasteiger partial charge in [0.1, 0.15) is 5.82 Å². The van der Waals surface area contributed by atoms with E-state index in [1.54, 1.807) is 42.0 Å². The van der Waals surface area contributed by atoms with Gasteiger partial charge >= 0.3 is 0 Å². The SMILES string of the molecule is [2H]c1c([2H])c([2H])c(-c2cccc(-c3c([2H])c([2H])c([2H])c([2H])c3[2H])c2N2[CH-]N(c3[c-]c(Oc4[c-]c(N(c5cc6c7c(c5)N(c5ccccc5)c5ccccc5B7c5ccccc5N6c5ccccc5)c5ccccn5)ccc4)ccc3)c3ccccc32)c([2H])c1[2H].[Pt]. The quantitative estimate of drug-likeness (QED) is 0.0944. The van der Waals surface area contributed by atoms with Gasteiger partial charge in [-0.25, -0.2) is 4.98 Å². The molecule has 81 heavy (non-hydrogen) atoms. The number of rotatable bonds is 11. The molecule has 3 aliphatic heterocycles. The Labute approximate surface area is 501 Å². The molecule has 11 aromatic carbocycles. The Balaban J connectivity index is 0.00000721. The number of aromatic nitrogens is 1. The van der Waals surface area contributed by atoms with Gasteiger partial charge in [-0.05, 0) is 100 Å². The summed E-state index contributed by atoms with van der Waals surface area (Å²) in [6, 6.07) is 73.9. The van der Waals surface area contributed by atoms with Gasteiger partial charge in [0, 0.05) is 107 Å². The van der Waals surface area contributed by atoms with E-state index < -0.39 is 60.4 Å². The topological polar surface area (TPSA) is 38.3 Å². The Morgan fingerprint density at radius 3 is 1.56 bits per heavy atom. The molecule has 0 spiro atoms. The summed E-state index contributed by atoms with van der Waals surface area (Å²) in [5.74, 6) is 1.36. The third kappa shape index (κ3) is 8.73. The van der Waals surface area contributed by atoms with Crippen LogP contribution in [0.2, 0.25) is 0 Å². The molecular formula is C72H48BN6OPt-3. The second kappa shape index (κ2) is 21.1. The molecule has 4 heterocycles. The molecule has 0 atom stereocenters. The first-order valence-electron chi connectivity index (χ1n) is 31.2. The minimum Gasteiger partial charge on any atom is -0.509 e. The first-order valence-corrected chi connectivity index (χ1v) is 26.2. The molecule has 388 valence electrons. The Morgan fingerprint density at radius 2 is 0.975 bits per heavy atom. The Hall–Kier alpha value is -9.88. The van der Waals surface area contributed by atoms with E-state index in [-0.39, 0.29) is 55.7 Å². The normalized spacial score (nSPS) is 14.4. The number of para-hydroxylation sites is 7. The molecule has 0 fully saturated rings. The zero-order valence-corrected chi connectivity index (χ0v) is 45.2. The zero-order chi connectivity index (χ0) is 61.6. The van der Waals surface area contributed by atoms with Crippen molar-refractivity contribution in [3.8, 4) is 33.8 Å². The Kier molecular flexibility index (Phi) is 10.3. The average Bonchev–Trinajstić information content (AvgIpc) is 1.04. The van der Waals surface area contributed by atoms with Crippen LogP contribution in [0.1, 0.15) is 13.7 Å². The predicted octanol–water partition coefficient (Wildman–Crippen LogP) is 16.8. The van der Waals surface area contributed by atoms with E-state index in [1.165, 1.54) is 10.9 Å². The number of ether oxygens (including phenoxy) is 1. The molecule has 0 N–H and O–H groups in total. The molecule has 15 rings (SSSR count). The fraction of sp³-hybridized carbons (Fsp3) is 0. The van der Waals surface area contributed by atoms with Gasteiger partial charge in [0.15, 0.2) is 0 Å². The largest absolute Gasteiger partial charge is 0.509 e. The molecule has 0 saturated carbocycles. The van der Waals surface area contributed by atoms with Gasteiger partial charge in [-0.1, -0.05) is 175 Å². The van der Waals surface area contributed by atoms with Crippen LogP contribution in [0.4, 0.5) is 74.1 Å². The molecule has 9 heteroatoms. The summed E-state index contributed by atoms with van der Waals surface area (Å²) < 4.78 is 94.8. The number of benzene rings is 11. The van der Waals surface area contributed by atoms with Gasteiger partial charge in [-0.15, -0.1) is 48.8 Å². The van der Waals surface area contributed by atoms with Crippen LogP contribution in [0.5, 0.6) is 11.5 Å². The average molecular weight is 1230 g/mol. The van der Waals surface area contributed by atoms with E-state index in [2.05, 4.69) is 136 Å². The number of pyridine rings is 1. The van der Waals surface area contributed by atoms with E-state index in [4.69, 9.17) is 23.4 Å². The fourth-order valence-corrected chi connectivity index (χ4v) is 11.4. The van der Waals surface area contributed by atoms with E-state index in [0.29, 0.717) is 40.1 Å². The van der Waals surface area contributed by atoms with E-state index in [1.807, 2.05) is 89.8 Å². The van der Waals surface area contributed by atoms with Crippen LogP contribution in [0.25, 0.3) is 22.3 Å². The Morgan fingerprint density at radius 1 is 0.469 bits per heavy atom. The summed E-state index contributed by atoms with van der Waals surface area (Å²) in [5.41, 5.74) is 13.2. The molecule has 7 nitrogen and oxygen atoms in total. The maximum absolute atomic E-state index is 9.13. The van der Waals surface area contributed by atoms with Crippen molar-refractivity contribution < 1.29 is 39.5 Å². The van der Waals surface area contributed by atoms with Crippen molar-refractivity contribution in [1.82, 2.24) is 4.98 Å². The second-order valence-corrected chi connectivity index (χ2v) is 19.3. The van der Waals surface area contributed by atoms with Crippen molar-refractivity contribution in [3.63, 3.8) is 0 Å². The summed E-state index contributed by atoms with van der Waals surface area (Å²) in [7, 11) is 0. The first kappa shape index (κ1) is 39.5. The number of hydrogen-bond donors (Lipinski definition) is 0. The van der Waals surface area contributed by atoms with Crippen molar-refractivity contribution in [1.29, 1.82) is 0 Å². The second-order valence-electron chi connectivity index (χ2n) is 19.3. The van der Waals surface area contributed by atoms with Crippen LogP contribution in [0.3, 0.4) is 0 Å². The minimum absolute atomic E-state index is 0. The molecule has 0 bridgehead atoms. The molecule has 0 saturated heterocycles. The number of anilines is 13. The number of fused-ring (bicyclic) bond motifs is 5. The fourth-order valence-electron chi connectivity index (χ4n) is 11.4. The Bertz CT molecular complexity index is 4620. The summed E-state index contributed by atoms with van der Waals surface area (Å²) in [6.07, 6.45) is 1.78. The van der Waals surface area contributed by atoms with E-state index >= 15 is 0 Å². The monoisotopic (exact) mass is 1230 g/mol. The van der Waals surface area contributed by atoms with Crippen molar-refractivity contribution in [2.24, 2.45) is 0 Å². The standard InChI is InChI=1S/C72H48BN6O.Pt/c1-5-24-51(25-6-1)60-36-23-37-61(52-26-7-2-8-27-52)72(60)76-50-75(66-42-17-18-43-67(66)76)55-32-21-34-58(46-55)80-59-35-22-33-56(47-59)77(70-44-19-20-45-74-70)57-48-68-71-69(49-57)79(54-30-11-4-12-31-54)65-41-16-14-39-63(65)73(71)62-38-13-15-40-64(62)78(68)53-28-9-3-10-29-53;/h1-45,48-50H;/q-3;/i1D,2D,5D,6D,7D,8D,24D,25D,26D,27D;. The van der Waals surface area contributed by atoms with Crippen LogP contribution >= 0.6 is 0 Å². The third-order valence-corrected chi connectivity index (χ3v) is 14.7. The van der Waals surface area contributed by atoms with E-state index in [9.17, 15) is 0 Å². The van der Waals surface area contributed by atoms with Crippen LogP contribution in [0, 0.1) is 18.8 Å². The summed E-state index contributed by atoms with van der Waals surface area (Å²) in [6.45, 7) is 1.65. The molecule has 0 radical (unpaired) electrons. The van der Waals surface area contributed by atoms with Gasteiger partial charge in [-0.3, -0.25) is 0 Å². The molecule has 0 aliphatic carbocycles. The maximum Gasteiger partial charge on any atom is 0.252 e. The van der Waals surface area contributed by atoms with Gasteiger partial charge in [0.25, 0.3) is 6.71 Å². The van der Waals surface area contributed by atoms with E-state index in [0.717, 1.165) is 45.3 Å². The molecule has 3 aliphatic rings. The molecule has 0 unspecified atom stereocenters. The van der Waals surface area contributed by atoms with Gasteiger partial charge in [0.05, 0.1) is 13.7 Å². The molecule has 0 amide bonds. The van der Waals surface area contributed by atoms with Crippen molar-refractivity contribution in [2.75, 3.05) is 24.5 Å². The maximum atomic E-state index is 9.13. The van der Waals surface area contributed by atoms with Crippen LogP contribution < -0.4 is 45.6 Å². The van der Waals surface area contributed by atoms with Gasteiger partial charge in [-0.2, -0.15) is 12.1 Å². The van der Waals surface area contributed by atoms with Crippen molar-refractivity contribution in [3.05, 3.63) is 304 Å². The van der Waals surface area contributed by atoms with Crippen LogP contribution in [0.15, 0.2) is 285 Å².